The number of benzene rings is 1. The van der Waals surface area contributed by atoms with Crippen LogP contribution in [-0.4, -0.2) is 27.9 Å². The first-order valence-electron chi connectivity index (χ1n) is 5.94. The van der Waals surface area contributed by atoms with Crippen LogP contribution in [0.25, 0.3) is 0 Å². The summed E-state index contributed by atoms with van der Waals surface area (Å²) in [6.07, 6.45) is 0.858. The number of carbonyl (C=O) groups is 2. The number of carboxylic acids is 1. The van der Waals surface area contributed by atoms with Gasteiger partial charge in [-0.1, -0.05) is 13.3 Å². The van der Waals surface area contributed by atoms with Crippen LogP contribution in [0.2, 0.25) is 0 Å². The van der Waals surface area contributed by atoms with Crippen molar-refractivity contribution in [3.8, 4) is 0 Å². The largest absolute Gasteiger partial charge is 0.480 e. The number of nitrogen functional groups attached to an aromatic ring is 1. The van der Waals surface area contributed by atoms with Gasteiger partial charge in [-0.05, 0) is 18.6 Å². The number of nitrogens with one attached hydrogen (secondary N) is 1. The van der Waals surface area contributed by atoms with Crippen LogP contribution in [0.5, 0.6) is 0 Å². The van der Waals surface area contributed by atoms with Gasteiger partial charge in [-0.25, -0.2) is 4.79 Å². The number of nitrogens with zero attached hydrogens (tertiary/aromatic N) is 1. The highest BCUT2D eigenvalue weighted by Crippen LogP contribution is 2.22. The van der Waals surface area contributed by atoms with E-state index in [1.165, 1.54) is 12.1 Å². The molecule has 0 spiro atoms. The number of amides is 1. The fourth-order valence-corrected chi connectivity index (χ4v) is 1.63. The summed E-state index contributed by atoms with van der Waals surface area (Å²) < 4.78 is 0. The van der Waals surface area contributed by atoms with E-state index in [4.69, 9.17) is 10.8 Å². The zero-order valence-corrected chi connectivity index (χ0v) is 10.8. The summed E-state index contributed by atoms with van der Waals surface area (Å²) in [6, 6.07) is 2.55. The van der Waals surface area contributed by atoms with Crippen LogP contribution >= 0.6 is 0 Å². The molecule has 8 nitrogen and oxygen atoms in total. The van der Waals surface area contributed by atoms with Gasteiger partial charge in [0.2, 0.25) is 0 Å². The minimum absolute atomic E-state index is 0.00625. The molecular formula is C12H15N3O5. The second-order valence-electron chi connectivity index (χ2n) is 4.18. The van der Waals surface area contributed by atoms with Crippen LogP contribution in [0.15, 0.2) is 18.2 Å². The summed E-state index contributed by atoms with van der Waals surface area (Å²) in [4.78, 5) is 32.9. The highest BCUT2D eigenvalue weighted by molar-refractivity contribution is 5.97. The molecule has 0 aliphatic carbocycles. The summed E-state index contributed by atoms with van der Waals surface area (Å²) in [5.41, 5.74) is 4.96. The van der Waals surface area contributed by atoms with E-state index in [9.17, 15) is 19.7 Å². The molecule has 20 heavy (non-hydrogen) atoms. The predicted octanol–water partition coefficient (Wildman–Crippen LogP) is 1.16. The standard InChI is InChI=1S/C12H15N3O5/c1-2-3-9(12(17)18)14-11(16)7-4-5-8(13)10(6-7)15(19)20/h4-6,9H,2-3,13H2,1H3,(H,14,16)(H,17,18). The number of anilines is 1. The predicted molar refractivity (Wildman–Crippen MR) is 71.3 cm³/mol. The Morgan fingerprint density at radius 3 is 2.65 bits per heavy atom. The van der Waals surface area contributed by atoms with Crippen molar-refractivity contribution in [2.45, 2.75) is 25.8 Å². The molecule has 0 saturated heterocycles. The number of hydrogen-bond acceptors (Lipinski definition) is 5. The molecular weight excluding hydrogens is 266 g/mol. The minimum Gasteiger partial charge on any atom is -0.480 e. The SMILES string of the molecule is CCCC(NC(=O)c1ccc(N)c([N+](=O)[O-])c1)C(=O)O. The van der Waals surface area contributed by atoms with Crippen molar-refractivity contribution in [2.24, 2.45) is 0 Å². The number of aliphatic carboxylic acids is 1. The first kappa shape index (κ1) is 15.4. The lowest BCUT2D eigenvalue weighted by Gasteiger charge is -2.13. The number of rotatable bonds is 6. The highest BCUT2D eigenvalue weighted by Gasteiger charge is 2.21. The number of nitro benzene ring substituents is 1. The van der Waals surface area contributed by atoms with Gasteiger partial charge in [0.05, 0.1) is 4.92 Å². The van der Waals surface area contributed by atoms with Gasteiger partial charge in [0.15, 0.2) is 0 Å². The van der Waals surface area contributed by atoms with Crippen LogP contribution < -0.4 is 11.1 Å². The number of carbonyl (C=O) groups excluding carboxylic acids is 1. The molecule has 0 saturated carbocycles. The van der Waals surface area contributed by atoms with E-state index in [0.29, 0.717) is 6.42 Å². The molecule has 0 bridgehead atoms. The van der Waals surface area contributed by atoms with Gasteiger partial charge in [0.1, 0.15) is 11.7 Å². The quantitative estimate of drug-likeness (QED) is 0.406. The molecule has 1 rings (SSSR count). The molecule has 0 heterocycles. The smallest absolute Gasteiger partial charge is 0.326 e. The second-order valence-corrected chi connectivity index (χ2v) is 4.18. The number of nitrogens with two attached hydrogens (primary N) is 1. The van der Waals surface area contributed by atoms with Crippen LogP contribution in [0.4, 0.5) is 11.4 Å². The van der Waals surface area contributed by atoms with Gasteiger partial charge in [0, 0.05) is 11.6 Å². The van der Waals surface area contributed by atoms with Crippen molar-refractivity contribution in [1.82, 2.24) is 5.32 Å². The van der Waals surface area contributed by atoms with Gasteiger partial charge >= 0.3 is 5.97 Å². The van der Waals surface area contributed by atoms with E-state index < -0.39 is 22.8 Å². The third-order valence-corrected chi connectivity index (χ3v) is 2.67. The lowest BCUT2D eigenvalue weighted by Crippen LogP contribution is -2.40. The van der Waals surface area contributed by atoms with Crippen molar-refractivity contribution in [1.29, 1.82) is 0 Å². The Hall–Kier alpha value is -2.64. The first-order chi connectivity index (χ1) is 9.36. The first-order valence-corrected chi connectivity index (χ1v) is 5.94. The van der Waals surface area contributed by atoms with Gasteiger partial charge in [-0.3, -0.25) is 14.9 Å². The monoisotopic (exact) mass is 281 g/mol. The minimum atomic E-state index is -1.15. The molecule has 1 aromatic rings. The lowest BCUT2D eigenvalue weighted by atomic mass is 10.1. The Labute approximate surface area is 114 Å². The Bertz CT molecular complexity index is 544. The molecule has 1 unspecified atom stereocenters. The molecule has 1 atom stereocenters. The number of nitro groups is 1. The maximum absolute atomic E-state index is 11.9. The summed E-state index contributed by atoms with van der Waals surface area (Å²) in [6.45, 7) is 1.79. The zero-order chi connectivity index (χ0) is 15.3. The molecule has 0 aliphatic rings. The molecule has 0 aliphatic heterocycles. The molecule has 8 heteroatoms. The topological polar surface area (TPSA) is 136 Å². The van der Waals surface area contributed by atoms with Crippen LogP contribution in [0.3, 0.4) is 0 Å². The zero-order valence-electron chi connectivity index (χ0n) is 10.8. The fraction of sp³-hybridized carbons (Fsp3) is 0.333. The van der Waals surface area contributed by atoms with E-state index in [1.807, 2.05) is 0 Å². The molecule has 0 aromatic heterocycles. The van der Waals surface area contributed by atoms with Crippen LogP contribution in [-0.2, 0) is 4.79 Å². The average molecular weight is 281 g/mol. The third-order valence-electron chi connectivity index (χ3n) is 2.67. The van der Waals surface area contributed by atoms with Crippen LogP contribution in [0, 0.1) is 10.1 Å². The Balaban J connectivity index is 2.95. The number of carboxylic acid groups (broad SMARTS) is 1. The molecule has 1 amide bonds. The second kappa shape index (κ2) is 6.50. The van der Waals surface area contributed by atoms with E-state index in [2.05, 4.69) is 5.32 Å². The van der Waals surface area contributed by atoms with Crippen molar-refractivity contribution in [3.05, 3.63) is 33.9 Å². The molecule has 108 valence electrons. The van der Waals surface area contributed by atoms with E-state index >= 15 is 0 Å². The molecule has 4 N–H and O–H groups in total. The van der Waals surface area contributed by atoms with E-state index in [1.54, 1.807) is 6.92 Å². The molecule has 0 radical (unpaired) electrons. The lowest BCUT2D eigenvalue weighted by molar-refractivity contribution is -0.383. The van der Waals surface area contributed by atoms with E-state index in [0.717, 1.165) is 6.07 Å². The van der Waals surface area contributed by atoms with Gasteiger partial charge < -0.3 is 16.2 Å². The third kappa shape index (κ3) is 3.67. The van der Waals surface area contributed by atoms with Crippen molar-refractivity contribution in [3.63, 3.8) is 0 Å². The summed E-state index contributed by atoms with van der Waals surface area (Å²) in [7, 11) is 0. The maximum atomic E-state index is 11.9. The fourth-order valence-electron chi connectivity index (χ4n) is 1.63. The Morgan fingerprint density at radius 2 is 2.15 bits per heavy atom. The molecule has 0 fully saturated rings. The average Bonchev–Trinajstić information content (AvgIpc) is 2.38. The van der Waals surface area contributed by atoms with E-state index in [-0.39, 0.29) is 23.4 Å². The summed E-state index contributed by atoms with van der Waals surface area (Å²) in [5.74, 6) is -1.83. The van der Waals surface area contributed by atoms with Crippen molar-refractivity contribution < 1.29 is 19.6 Å². The Morgan fingerprint density at radius 1 is 1.50 bits per heavy atom. The van der Waals surface area contributed by atoms with Gasteiger partial charge in [-0.2, -0.15) is 0 Å². The normalized spacial score (nSPS) is 11.7. The highest BCUT2D eigenvalue weighted by atomic mass is 16.6. The van der Waals surface area contributed by atoms with Gasteiger partial charge in [0.25, 0.3) is 11.6 Å². The summed E-state index contributed by atoms with van der Waals surface area (Å²) >= 11 is 0. The number of hydrogen-bond donors (Lipinski definition) is 3. The van der Waals surface area contributed by atoms with Gasteiger partial charge in [-0.15, -0.1) is 0 Å². The maximum Gasteiger partial charge on any atom is 0.326 e. The molecule has 1 aromatic carbocycles. The van der Waals surface area contributed by atoms with Crippen LogP contribution in [0.1, 0.15) is 30.1 Å². The van der Waals surface area contributed by atoms with Crippen molar-refractivity contribution >= 4 is 23.3 Å². The van der Waals surface area contributed by atoms with Crippen molar-refractivity contribution in [2.75, 3.05) is 5.73 Å². The summed E-state index contributed by atoms with van der Waals surface area (Å²) in [5, 5.41) is 22.0. The Kier molecular flexibility index (Phi) is 5.01.